The van der Waals surface area contributed by atoms with Crippen LogP contribution in [0.1, 0.15) is 30.0 Å². The van der Waals surface area contributed by atoms with Gasteiger partial charge in [-0.1, -0.05) is 54.9 Å². The minimum absolute atomic E-state index is 0.0402. The maximum Gasteiger partial charge on any atom is 0.224 e. The third-order valence-electron chi connectivity index (χ3n) is 6.31. The molecule has 0 saturated heterocycles. The molecule has 4 nitrogen and oxygen atoms in total. The summed E-state index contributed by atoms with van der Waals surface area (Å²) < 4.78 is 0. The van der Waals surface area contributed by atoms with Crippen LogP contribution in [0.3, 0.4) is 0 Å². The van der Waals surface area contributed by atoms with Crippen molar-refractivity contribution in [3.05, 3.63) is 64.2 Å². The van der Waals surface area contributed by atoms with Crippen LogP contribution in [0.2, 0.25) is 5.02 Å². The maximum atomic E-state index is 12.7. The highest BCUT2D eigenvalue weighted by Gasteiger charge is 2.55. The molecule has 1 unspecified atom stereocenters. The Morgan fingerprint density at radius 1 is 1.30 bits per heavy atom. The summed E-state index contributed by atoms with van der Waals surface area (Å²) in [5.74, 6) is 0.321. The number of rotatable bonds is 4. The number of benzene rings is 2. The molecule has 142 valence electrons. The Labute approximate surface area is 165 Å². The van der Waals surface area contributed by atoms with Crippen LogP contribution in [0.4, 0.5) is 0 Å². The zero-order chi connectivity index (χ0) is 19.2. The van der Waals surface area contributed by atoms with Gasteiger partial charge in [0.15, 0.2) is 0 Å². The van der Waals surface area contributed by atoms with E-state index in [-0.39, 0.29) is 29.0 Å². The summed E-state index contributed by atoms with van der Waals surface area (Å²) in [6.45, 7) is 3.47. The van der Waals surface area contributed by atoms with Crippen LogP contribution in [0.15, 0.2) is 42.5 Å². The quantitative estimate of drug-likeness (QED) is 0.848. The van der Waals surface area contributed by atoms with E-state index in [0.29, 0.717) is 18.1 Å². The van der Waals surface area contributed by atoms with Crippen LogP contribution in [0, 0.1) is 5.92 Å². The van der Waals surface area contributed by atoms with E-state index in [9.17, 15) is 9.90 Å². The second-order valence-corrected chi connectivity index (χ2v) is 8.47. The molecule has 5 heteroatoms. The first-order valence-corrected chi connectivity index (χ1v) is 9.80. The number of nitrogens with zero attached hydrogens (tertiary/aromatic N) is 1. The third kappa shape index (κ3) is 3.32. The minimum atomic E-state index is -0.0402. The van der Waals surface area contributed by atoms with Crippen LogP contribution in [-0.2, 0) is 23.2 Å². The molecule has 2 aromatic carbocycles. The summed E-state index contributed by atoms with van der Waals surface area (Å²) >= 11 is 6.24. The normalized spacial score (nSPS) is 27.1. The molecule has 1 saturated carbocycles. The van der Waals surface area contributed by atoms with Gasteiger partial charge in [0.25, 0.3) is 0 Å². The van der Waals surface area contributed by atoms with Gasteiger partial charge in [-0.25, -0.2) is 0 Å². The van der Waals surface area contributed by atoms with Crippen molar-refractivity contribution in [2.24, 2.45) is 5.92 Å². The van der Waals surface area contributed by atoms with Crippen molar-refractivity contribution in [3.63, 3.8) is 0 Å². The van der Waals surface area contributed by atoms with Gasteiger partial charge in [0, 0.05) is 30.5 Å². The van der Waals surface area contributed by atoms with Gasteiger partial charge in [0.1, 0.15) is 5.75 Å². The fourth-order valence-electron chi connectivity index (χ4n) is 4.25. The highest BCUT2D eigenvalue weighted by molar-refractivity contribution is 6.32. The number of phenolic OH excluding ortho intramolecular Hbond substituents is 1. The smallest absolute Gasteiger partial charge is 0.224 e. The molecule has 2 N–H and O–H groups in total. The number of aromatic hydroxyl groups is 1. The van der Waals surface area contributed by atoms with Gasteiger partial charge >= 0.3 is 0 Å². The largest absolute Gasteiger partial charge is 0.506 e. The van der Waals surface area contributed by atoms with E-state index < -0.39 is 0 Å². The lowest BCUT2D eigenvalue weighted by Crippen LogP contribution is -2.46. The van der Waals surface area contributed by atoms with E-state index >= 15 is 0 Å². The number of likely N-dealkylation sites (N-methyl/N-ethyl adjacent to an activating group) is 1. The lowest BCUT2D eigenvalue weighted by Gasteiger charge is -2.34. The Kier molecular flexibility index (Phi) is 4.65. The van der Waals surface area contributed by atoms with Gasteiger partial charge in [0.05, 0.1) is 5.02 Å². The summed E-state index contributed by atoms with van der Waals surface area (Å²) in [6.07, 6.45) is 1.72. The van der Waals surface area contributed by atoms with E-state index in [1.165, 1.54) is 5.56 Å². The van der Waals surface area contributed by atoms with Gasteiger partial charge < -0.3 is 10.4 Å². The van der Waals surface area contributed by atoms with Gasteiger partial charge in [-0.15, -0.1) is 0 Å². The summed E-state index contributed by atoms with van der Waals surface area (Å²) in [6, 6.07) is 14.1. The van der Waals surface area contributed by atoms with Gasteiger partial charge in [-0.3, -0.25) is 9.69 Å². The number of carbonyl (C=O) groups excluding carboxylic acids is 1. The molecular weight excluding hydrogens is 360 g/mol. The first-order valence-electron chi connectivity index (χ1n) is 9.43. The Balaban J connectivity index is 1.38. The molecule has 0 spiro atoms. The second-order valence-electron chi connectivity index (χ2n) is 8.09. The summed E-state index contributed by atoms with van der Waals surface area (Å²) in [7, 11) is 2.03. The van der Waals surface area contributed by atoms with E-state index in [1.54, 1.807) is 6.07 Å². The molecule has 0 aromatic heterocycles. The maximum absolute atomic E-state index is 12.7. The Morgan fingerprint density at radius 3 is 2.78 bits per heavy atom. The van der Waals surface area contributed by atoms with E-state index in [4.69, 9.17) is 11.6 Å². The van der Waals surface area contributed by atoms with E-state index in [0.717, 1.165) is 24.0 Å². The van der Waals surface area contributed by atoms with Crippen LogP contribution < -0.4 is 5.32 Å². The molecule has 1 aliphatic heterocycles. The third-order valence-corrected chi connectivity index (χ3v) is 6.73. The number of amides is 1. The predicted octanol–water partition coefficient (Wildman–Crippen LogP) is 3.50. The number of hydrogen-bond acceptors (Lipinski definition) is 3. The molecule has 0 bridgehead atoms. The fraction of sp³-hybridized carbons (Fsp3) is 0.409. The highest BCUT2D eigenvalue weighted by atomic mass is 35.5. The Hall–Kier alpha value is -2.04. The molecule has 4 rings (SSSR count). The number of phenols is 1. The van der Waals surface area contributed by atoms with Crippen molar-refractivity contribution in [2.75, 3.05) is 13.6 Å². The first kappa shape index (κ1) is 18.3. The molecule has 2 aromatic rings. The molecule has 1 heterocycles. The molecule has 1 aliphatic carbocycles. The number of hydrogen-bond donors (Lipinski definition) is 2. The van der Waals surface area contributed by atoms with Gasteiger partial charge in [-0.2, -0.15) is 0 Å². The van der Waals surface area contributed by atoms with Crippen LogP contribution in [-0.4, -0.2) is 35.5 Å². The topological polar surface area (TPSA) is 52.6 Å². The Bertz CT molecular complexity index is 870. The van der Waals surface area contributed by atoms with Crippen LogP contribution in [0.5, 0.6) is 5.75 Å². The van der Waals surface area contributed by atoms with Crippen molar-refractivity contribution < 1.29 is 9.90 Å². The minimum Gasteiger partial charge on any atom is -0.506 e. The molecule has 1 fully saturated rings. The average Bonchev–Trinajstić information content (AvgIpc) is 3.37. The summed E-state index contributed by atoms with van der Waals surface area (Å²) in [5, 5.41) is 13.4. The van der Waals surface area contributed by atoms with Crippen molar-refractivity contribution in [3.8, 4) is 5.75 Å². The summed E-state index contributed by atoms with van der Waals surface area (Å²) in [4.78, 5) is 14.9. The molecule has 3 atom stereocenters. The van der Waals surface area contributed by atoms with Gasteiger partial charge in [0.2, 0.25) is 5.91 Å². The standard InChI is InChI=1S/C22H25ClN2O2/c1-22(15-6-4-3-5-7-15)11-18(22)21(27)24-12-16-10-14-8-9-19(26)20(23)17(14)13-25(16)2/h3-9,16,18,26H,10-13H2,1-2H3,(H,24,27)/t16?,18-,22-/m0/s1. The number of carbonyl (C=O) groups is 1. The number of halogens is 1. The average molecular weight is 385 g/mol. The van der Waals surface area contributed by atoms with Crippen molar-refractivity contribution >= 4 is 17.5 Å². The lowest BCUT2D eigenvalue weighted by molar-refractivity contribution is -0.123. The molecule has 27 heavy (non-hydrogen) atoms. The molecular formula is C22H25ClN2O2. The van der Waals surface area contributed by atoms with Crippen molar-refractivity contribution in [2.45, 2.75) is 37.8 Å². The number of fused-ring (bicyclic) bond motifs is 1. The number of nitrogens with one attached hydrogen (secondary N) is 1. The SMILES string of the molecule is CN1Cc2c(ccc(O)c2Cl)CC1CNC(=O)[C@@H]1C[C@@]1(C)c1ccccc1. The second kappa shape index (κ2) is 6.84. The van der Waals surface area contributed by atoms with Gasteiger partial charge in [-0.05, 0) is 42.6 Å². The molecule has 1 amide bonds. The van der Waals surface area contributed by atoms with Crippen molar-refractivity contribution in [1.29, 1.82) is 0 Å². The zero-order valence-electron chi connectivity index (χ0n) is 15.7. The summed E-state index contributed by atoms with van der Waals surface area (Å²) in [5.41, 5.74) is 3.33. The van der Waals surface area contributed by atoms with E-state index in [2.05, 4.69) is 29.3 Å². The van der Waals surface area contributed by atoms with E-state index in [1.807, 2.05) is 31.3 Å². The molecule has 0 radical (unpaired) electrons. The zero-order valence-corrected chi connectivity index (χ0v) is 16.5. The highest BCUT2D eigenvalue weighted by Crippen LogP contribution is 2.53. The lowest BCUT2D eigenvalue weighted by atomic mass is 9.93. The fourth-order valence-corrected chi connectivity index (χ4v) is 4.50. The first-order chi connectivity index (χ1) is 12.9. The predicted molar refractivity (Wildman–Crippen MR) is 107 cm³/mol. The van der Waals surface area contributed by atoms with Crippen molar-refractivity contribution in [1.82, 2.24) is 10.2 Å². The van der Waals surface area contributed by atoms with Crippen LogP contribution in [0.25, 0.3) is 0 Å². The van der Waals surface area contributed by atoms with Crippen LogP contribution >= 0.6 is 11.6 Å². The Morgan fingerprint density at radius 2 is 2.04 bits per heavy atom. The molecule has 2 aliphatic rings. The monoisotopic (exact) mass is 384 g/mol.